The topological polar surface area (TPSA) is 68.4 Å². The molecule has 0 aromatic carbocycles. The Kier molecular flexibility index (Phi) is 4.31. The Hall–Kier alpha value is -0.650. The average molecular weight is 261 g/mol. The molecule has 4 nitrogen and oxygen atoms in total. The molecule has 0 aliphatic carbocycles. The third-order valence-corrected chi connectivity index (χ3v) is 2.58. The van der Waals surface area contributed by atoms with E-state index in [0.717, 1.165) is 10.0 Å². The fourth-order valence-electron chi connectivity index (χ4n) is 1.14. The Bertz CT molecular complexity index is 307. The standard InChI is InChI=1S/C9H13BrN2O2/c1-14-9-5-12-4-8(10)7(9)2-6(13)3-11/h4-6,13H,2-3,11H2,1H3. The summed E-state index contributed by atoms with van der Waals surface area (Å²) in [6.45, 7) is 0.234. The normalized spacial score (nSPS) is 12.6. The predicted octanol–water partition coefficient (Wildman–Crippen LogP) is 0.715. The third-order valence-electron chi connectivity index (χ3n) is 1.90. The smallest absolute Gasteiger partial charge is 0.141 e. The molecule has 1 rings (SSSR count). The van der Waals surface area contributed by atoms with Crippen LogP contribution in [0, 0.1) is 0 Å². The lowest BCUT2D eigenvalue weighted by atomic mass is 10.1. The molecule has 1 heterocycles. The van der Waals surface area contributed by atoms with Gasteiger partial charge < -0.3 is 15.6 Å². The van der Waals surface area contributed by atoms with E-state index in [9.17, 15) is 5.11 Å². The monoisotopic (exact) mass is 260 g/mol. The maximum absolute atomic E-state index is 9.43. The minimum Gasteiger partial charge on any atom is -0.495 e. The third kappa shape index (κ3) is 2.67. The van der Waals surface area contributed by atoms with E-state index >= 15 is 0 Å². The second-order valence-corrected chi connectivity index (χ2v) is 3.75. The molecule has 3 N–H and O–H groups in total. The number of nitrogens with two attached hydrogens (primary N) is 1. The number of aliphatic hydroxyl groups excluding tert-OH is 1. The van der Waals surface area contributed by atoms with Crippen molar-refractivity contribution in [3.63, 3.8) is 0 Å². The van der Waals surface area contributed by atoms with Gasteiger partial charge in [0.15, 0.2) is 0 Å². The van der Waals surface area contributed by atoms with Crippen LogP contribution in [0.2, 0.25) is 0 Å². The predicted molar refractivity (Wildman–Crippen MR) is 57.3 cm³/mol. The van der Waals surface area contributed by atoms with Gasteiger partial charge in [-0.15, -0.1) is 0 Å². The van der Waals surface area contributed by atoms with Gasteiger partial charge >= 0.3 is 0 Å². The lowest BCUT2D eigenvalue weighted by Gasteiger charge is -2.12. The second kappa shape index (κ2) is 5.29. The molecule has 14 heavy (non-hydrogen) atoms. The number of methoxy groups -OCH3 is 1. The maximum Gasteiger partial charge on any atom is 0.141 e. The molecule has 0 aliphatic rings. The number of nitrogens with zero attached hydrogens (tertiary/aromatic N) is 1. The zero-order valence-electron chi connectivity index (χ0n) is 7.90. The first-order chi connectivity index (χ1) is 6.69. The van der Waals surface area contributed by atoms with Crippen LogP contribution in [-0.2, 0) is 6.42 Å². The highest BCUT2D eigenvalue weighted by Gasteiger charge is 2.12. The highest BCUT2D eigenvalue weighted by molar-refractivity contribution is 9.10. The summed E-state index contributed by atoms with van der Waals surface area (Å²) in [5.74, 6) is 0.659. The number of aromatic nitrogens is 1. The number of pyridine rings is 1. The zero-order valence-corrected chi connectivity index (χ0v) is 9.49. The number of aliphatic hydroxyl groups is 1. The van der Waals surface area contributed by atoms with Crippen molar-refractivity contribution < 1.29 is 9.84 Å². The Labute approximate surface area is 91.2 Å². The van der Waals surface area contributed by atoms with Gasteiger partial charge in [-0.2, -0.15) is 0 Å². The average Bonchev–Trinajstić information content (AvgIpc) is 2.20. The van der Waals surface area contributed by atoms with E-state index in [1.54, 1.807) is 19.5 Å². The molecule has 0 spiro atoms. The Morgan fingerprint density at radius 3 is 2.93 bits per heavy atom. The van der Waals surface area contributed by atoms with E-state index in [2.05, 4.69) is 20.9 Å². The lowest BCUT2D eigenvalue weighted by Crippen LogP contribution is -2.22. The van der Waals surface area contributed by atoms with Crippen LogP contribution in [0.15, 0.2) is 16.9 Å². The van der Waals surface area contributed by atoms with Gasteiger partial charge in [-0.25, -0.2) is 0 Å². The van der Waals surface area contributed by atoms with Crippen LogP contribution in [0.4, 0.5) is 0 Å². The van der Waals surface area contributed by atoms with Gasteiger partial charge in [0.05, 0.1) is 19.4 Å². The summed E-state index contributed by atoms with van der Waals surface area (Å²) in [6.07, 6.45) is 3.19. The van der Waals surface area contributed by atoms with E-state index in [1.165, 1.54) is 0 Å². The fraction of sp³-hybridized carbons (Fsp3) is 0.444. The van der Waals surface area contributed by atoms with Gasteiger partial charge in [-0.05, 0) is 15.9 Å². The molecule has 0 radical (unpaired) electrons. The summed E-state index contributed by atoms with van der Waals surface area (Å²) in [5.41, 5.74) is 6.23. The molecule has 0 amide bonds. The van der Waals surface area contributed by atoms with E-state index in [-0.39, 0.29) is 6.54 Å². The van der Waals surface area contributed by atoms with Gasteiger partial charge in [-0.1, -0.05) is 0 Å². The van der Waals surface area contributed by atoms with Crippen LogP contribution in [0.3, 0.4) is 0 Å². The number of hydrogen-bond donors (Lipinski definition) is 2. The molecular weight excluding hydrogens is 248 g/mol. The largest absolute Gasteiger partial charge is 0.495 e. The van der Waals surface area contributed by atoms with Crippen molar-refractivity contribution in [1.29, 1.82) is 0 Å². The molecule has 0 fully saturated rings. The SMILES string of the molecule is COc1cncc(Br)c1CC(O)CN. The first-order valence-electron chi connectivity index (χ1n) is 4.23. The number of rotatable bonds is 4. The first-order valence-corrected chi connectivity index (χ1v) is 5.02. The van der Waals surface area contributed by atoms with Crippen molar-refractivity contribution in [2.75, 3.05) is 13.7 Å². The molecule has 1 aromatic heterocycles. The number of ether oxygens (including phenoxy) is 1. The number of hydrogen-bond acceptors (Lipinski definition) is 4. The van der Waals surface area contributed by atoms with Gasteiger partial charge in [0.25, 0.3) is 0 Å². The van der Waals surface area contributed by atoms with E-state index in [0.29, 0.717) is 12.2 Å². The fourth-order valence-corrected chi connectivity index (χ4v) is 1.61. The van der Waals surface area contributed by atoms with Crippen molar-refractivity contribution in [3.05, 3.63) is 22.4 Å². The van der Waals surface area contributed by atoms with E-state index in [1.807, 2.05) is 0 Å². The highest BCUT2D eigenvalue weighted by Crippen LogP contribution is 2.26. The van der Waals surface area contributed by atoms with Gasteiger partial charge in [0.1, 0.15) is 5.75 Å². The highest BCUT2D eigenvalue weighted by atomic mass is 79.9. The van der Waals surface area contributed by atoms with Crippen molar-refractivity contribution in [2.24, 2.45) is 5.73 Å². The molecule has 1 unspecified atom stereocenters. The summed E-state index contributed by atoms with van der Waals surface area (Å²) in [7, 11) is 1.57. The molecule has 0 aliphatic heterocycles. The summed E-state index contributed by atoms with van der Waals surface area (Å²) in [6, 6.07) is 0. The van der Waals surface area contributed by atoms with Gasteiger partial charge in [0, 0.05) is 29.2 Å². The molecule has 0 bridgehead atoms. The minimum absolute atomic E-state index is 0.234. The molecule has 5 heteroatoms. The van der Waals surface area contributed by atoms with Crippen molar-refractivity contribution in [1.82, 2.24) is 4.98 Å². The second-order valence-electron chi connectivity index (χ2n) is 2.90. The lowest BCUT2D eigenvalue weighted by molar-refractivity contribution is 0.182. The van der Waals surface area contributed by atoms with Crippen LogP contribution < -0.4 is 10.5 Å². The molecule has 0 saturated heterocycles. The maximum atomic E-state index is 9.43. The van der Waals surface area contributed by atoms with Crippen LogP contribution in [0.5, 0.6) is 5.75 Å². The first kappa shape index (κ1) is 11.4. The Morgan fingerprint density at radius 2 is 2.36 bits per heavy atom. The van der Waals surface area contributed by atoms with Gasteiger partial charge in [0.2, 0.25) is 0 Å². The molecule has 0 saturated carbocycles. The van der Waals surface area contributed by atoms with E-state index in [4.69, 9.17) is 10.5 Å². The summed E-state index contributed by atoms with van der Waals surface area (Å²) >= 11 is 3.35. The quantitative estimate of drug-likeness (QED) is 0.837. The molecule has 1 atom stereocenters. The Balaban J connectivity index is 2.92. The molecule has 1 aromatic rings. The number of halogens is 1. The Morgan fingerprint density at radius 1 is 1.64 bits per heavy atom. The minimum atomic E-state index is -0.553. The van der Waals surface area contributed by atoms with Crippen molar-refractivity contribution in [2.45, 2.75) is 12.5 Å². The zero-order chi connectivity index (χ0) is 10.6. The van der Waals surface area contributed by atoms with Crippen LogP contribution in [0.25, 0.3) is 0 Å². The summed E-state index contributed by atoms with van der Waals surface area (Å²) < 4.78 is 5.95. The van der Waals surface area contributed by atoms with Gasteiger partial charge in [-0.3, -0.25) is 4.98 Å². The van der Waals surface area contributed by atoms with Crippen molar-refractivity contribution >= 4 is 15.9 Å². The molecular formula is C9H13BrN2O2. The van der Waals surface area contributed by atoms with E-state index < -0.39 is 6.10 Å². The summed E-state index contributed by atoms with van der Waals surface area (Å²) in [4.78, 5) is 3.96. The van der Waals surface area contributed by atoms with Crippen LogP contribution >= 0.6 is 15.9 Å². The van der Waals surface area contributed by atoms with Crippen LogP contribution in [0.1, 0.15) is 5.56 Å². The van der Waals surface area contributed by atoms with Crippen molar-refractivity contribution in [3.8, 4) is 5.75 Å². The van der Waals surface area contributed by atoms with Crippen LogP contribution in [-0.4, -0.2) is 29.8 Å². The summed E-state index contributed by atoms with van der Waals surface area (Å²) in [5, 5.41) is 9.43. The molecule has 78 valence electrons.